The van der Waals surface area contributed by atoms with Crippen molar-refractivity contribution < 1.29 is 9.53 Å². The quantitative estimate of drug-likeness (QED) is 0.736. The summed E-state index contributed by atoms with van der Waals surface area (Å²) in [5.41, 5.74) is 3.61. The highest BCUT2D eigenvalue weighted by atomic mass is 16.5. The van der Waals surface area contributed by atoms with Crippen molar-refractivity contribution in [2.75, 3.05) is 0 Å². The molecule has 3 nitrogen and oxygen atoms in total. The Morgan fingerprint density at radius 2 is 1.60 bits per heavy atom. The number of aryl methyl sites for hydroxylation is 2. The van der Waals surface area contributed by atoms with Crippen LogP contribution < -0.4 is 10.1 Å². The molecule has 134 valence electrons. The van der Waals surface area contributed by atoms with Gasteiger partial charge >= 0.3 is 0 Å². The van der Waals surface area contributed by atoms with Gasteiger partial charge in [-0.15, -0.1) is 0 Å². The summed E-state index contributed by atoms with van der Waals surface area (Å²) in [6.07, 6.45) is 1.99. The summed E-state index contributed by atoms with van der Waals surface area (Å²) in [5, 5.41) is 3.13. The van der Waals surface area contributed by atoms with Gasteiger partial charge in [0, 0.05) is 0 Å². The van der Waals surface area contributed by atoms with Crippen molar-refractivity contribution in [1.82, 2.24) is 5.32 Å². The Bertz CT molecular complexity index is 661. The Hall–Kier alpha value is -2.29. The molecule has 0 radical (unpaired) electrons. The van der Waals surface area contributed by atoms with Gasteiger partial charge in [0.05, 0.1) is 6.04 Å². The Balaban J connectivity index is 2.03. The van der Waals surface area contributed by atoms with Gasteiger partial charge < -0.3 is 10.1 Å². The molecule has 0 spiro atoms. The van der Waals surface area contributed by atoms with E-state index in [4.69, 9.17) is 4.74 Å². The van der Waals surface area contributed by atoms with E-state index in [0.29, 0.717) is 6.42 Å². The fourth-order valence-corrected chi connectivity index (χ4v) is 2.77. The maximum absolute atomic E-state index is 12.7. The van der Waals surface area contributed by atoms with Crippen LogP contribution in [0.5, 0.6) is 5.75 Å². The predicted molar refractivity (Wildman–Crippen MR) is 103 cm³/mol. The standard InChI is InChI=1S/C22H29NO2/c1-5-17-10-14-19(15-11-17)25-21(7-3)22(24)23-20(6-2)18-12-8-16(4)9-13-18/h8-15,20-21H,5-7H2,1-4H3,(H,23,24)/t20-,21+/m0/s1. The first-order chi connectivity index (χ1) is 12.1. The van der Waals surface area contributed by atoms with Crippen LogP contribution in [-0.4, -0.2) is 12.0 Å². The van der Waals surface area contributed by atoms with Crippen LogP contribution in [0.25, 0.3) is 0 Å². The lowest BCUT2D eigenvalue weighted by Gasteiger charge is -2.22. The van der Waals surface area contributed by atoms with Gasteiger partial charge in [-0.3, -0.25) is 4.79 Å². The second kappa shape index (κ2) is 9.26. The smallest absolute Gasteiger partial charge is 0.261 e. The normalized spacial score (nSPS) is 13.1. The molecule has 0 aromatic heterocycles. The number of carbonyl (C=O) groups is 1. The van der Waals surface area contributed by atoms with Gasteiger partial charge in [-0.2, -0.15) is 0 Å². The van der Waals surface area contributed by atoms with E-state index < -0.39 is 6.10 Å². The molecule has 1 N–H and O–H groups in total. The number of hydrogen-bond acceptors (Lipinski definition) is 2. The number of benzene rings is 2. The molecule has 2 rings (SSSR count). The lowest BCUT2D eigenvalue weighted by Crippen LogP contribution is -2.39. The van der Waals surface area contributed by atoms with Crippen molar-refractivity contribution in [3.63, 3.8) is 0 Å². The zero-order chi connectivity index (χ0) is 18.2. The van der Waals surface area contributed by atoms with Crippen LogP contribution >= 0.6 is 0 Å². The third kappa shape index (κ3) is 5.35. The van der Waals surface area contributed by atoms with E-state index in [0.717, 1.165) is 24.2 Å². The van der Waals surface area contributed by atoms with Crippen LogP contribution in [0.1, 0.15) is 56.3 Å². The number of ether oxygens (including phenoxy) is 1. The molecular formula is C22H29NO2. The van der Waals surface area contributed by atoms with E-state index in [2.05, 4.69) is 50.4 Å². The highest BCUT2D eigenvalue weighted by Gasteiger charge is 2.21. The second-order valence-electron chi connectivity index (χ2n) is 6.39. The van der Waals surface area contributed by atoms with E-state index in [1.165, 1.54) is 11.1 Å². The van der Waals surface area contributed by atoms with Crippen molar-refractivity contribution in [3.8, 4) is 5.75 Å². The molecule has 0 saturated heterocycles. The minimum Gasteiger partial charge on any atom is -0.481 e. The number of nitrogens with one attached hydrogen (secondary N) is 1. The van der Waals surface area contributed by atoms with Crippen molar-refractivity contribution in [3.05, 3.63) is 65.2 Å². The molecule has 0 aliphatic carbocycles. The number of hydrogen-bond donors (Lipinski definition) is 1. The second-order valence-corrected chi connectivity index (χ2v) is 6.39. The van der Waals surface area contributed by atoms with E-state index in [1.54, 1.807) is 0 Å². The third-order valence-corrected chi connectivity index (χ3v) is 4.48. The number of rotatable bonds is 8. The third-order valence-electron chi connectivity index (χ3n) is 4.48. The lowest BCUT2D eigenvalue weighted by molar-refractivity contribution is -0.128. The number of carbonyl (C=O) groups excluding carboxylic acids is 1. The van der Waals surface area contributed by atoms with E-state index in [-0.39, 0.29) is 11.9 Å². The number of amides is 1. The Morgan fingerprint density at radius 3 is 2.12 bits per heavy atom. The van der Waals surface area contributed by atoms with Gasteiger partial charge in [-0.25, -0.2) is 0 Å². The molecule has 0 aliphatic heterocycles. The molecule has 1 amide bonds. The fraction of sp³-hybridized carbons (Fsp3) is 0.409. The summed E-state index contributed by atoms with van der Waals surface area (Å²) in [6.45, 7) is 8.23. The Labute approximate surface area is 151 Å². The highest BCUT2D eigenvalue weighted by molar-refractivity contribution is 5.81. The molecule has 0 bridgehead atoms. The minimum atomic E-state index is -0.480. The Morgan fingerprint density at radius 1 is 0.960 bits per heavy atom. The molecule has 0 fully saturated rings. The molecule has 0 unspecified atom stereocenters. The summed E-state index contributed by atoms with van der Waals surface area (Å²) in [4.78, 5) is 12.7. The van der Waals surface area contributed by atoms with Crippen molar-refractivity contribution >= 4 is 5.91 Å². The maximum Gasteiger partial charge on any atom is 0.261 e. The van der Waals surface area contributed by atoms with Crippen molar-refractivity contribution in [2.45, 2.75) is 59.1 Å². The zero-order valence-electron chi connectivity index (χ0n) is 15.7. The topological polar surface area (TPSA) is 38.3 Å². The van der Waals surface area contributed by atoms with Crippen LogP contribution in [0.3, 0.4) is 0 Å². The van der Waals surface area contributed by atoms with Crippen LogP contribution in [0.2, 0.25) is 0 Å². The molecular weight excluding hydrogens is 310 g/mol. The molecule has 25 heavy (non-hydrogen) atoms. The van der Waals surface area contributed by atoms with Crippen LogP contribution in [0.15, 0.2) is 48.5 Å². The lowest BCUT2D eigenvalue weighted by atomic mass is 10.0. The molecule has 2 aromatic carbocycles. The van der Waals surface area contributed by atoms with E-state index in [9.17, 15) is 4.79 Å². The SMILES string of the molecule is CCc1ccc(O[C@H](CC)C(=O)N[C@@H](CC)c2ccc(C)cc2)cc1. The van der Waals surface area contributed by atoms with Gasteiger partial charge in [-0.1, -0.05) is 62.7 Å². The molecule has 0 aliphatic rings. The first kappa shape index (κ1) is 19.0. The Kier molecular flexibility index (Phi) is 7.05. The summed E-state index contributed by atoms with van der Waals surface area (Å²) >= 11 is 0. The molecule has 0 heterocycles. The van der Waals surface area contributed by atoms with Crippen LogP contribution in [-0.2, 0) is 11.2 Å². The summed E-state index contributed by atoms with van der Waals surface area (Å²) in [6, 6.07) is 16.3. The van der Waals surface area contributed by atoms with Crippen LogP contribution in [0, 0.1) is 6.92 Å². The summed E-state index contributed by atoms with van der Waals surface area (Å²) in [7, 11) is 0. The monoisotopic (exact) mass is 339 g/mol. The summed E-state index contributed by atoms with van der Waals surface area (Å²) in [5.74, 6) is 0.678. The predicted octanol–water partition coefficient (Wildman–Crippen LogP) is 4.98. The van der Waals surface area contributed by atoms with Crippen molar-refractivity contribution in [1.29, 1.82) is 0 Å². The highest BCUT2D eigenvalue weighted by Crippen LogP contribution is 2.19. The van der Waals surface area contributed by atoms with E-state index >= 15 is 0 Å². The van der Waals surface area contributed by atoms with Gasteiger partial charge in [0.25, 0.3) is 5.91 Å². The minimum absolute atomic E-state index is 0.00761. The zero-order valence-corrected chi connectivity index (χ0v) is 15.7. The van der Waals surface area contributed by atoms with Gasteiger partial charge in [0.1, 0.15) is 5.75 Å². The van der Waals surface area contributed by atoms with Gasteiger partial charge in [-0.05, 0) is 49.4 Å². The molecule has 2 aromatic rings. The fourth-order valence-electron chi connectivity index (χ4n) is 2.77. The van der Waals surface area contributed by atoms with Gasteiger partial charge in [0.15, 0.2) is 6.10 Å². The molecule has 3 heteroatoms. The van der Waals surface area contributed by atoms with Crippen LogP contribution in [0.4, 0.5) is 0 Å². The van der Waals surface area contributed by atoms with E-state index in [1.807, 2.05) is 31.2 Å². The van der Waals surface area contributed by atoms with Gasteiger partial charge in [0.2, 0.25) is 0 Å². The average molecular weight is 339 g/mol. The molecule has 0 saturated carbocycles. The first-order valence-electron chi connectivity index (χ1n) is 9.19. The average Bonchev–Trinajstić information content (AvgIpc) is 2.65. The first-order valence-corrected chi connectivity index (χ1v) is 9.19. The maximum atomic E-state index is 12.7. The summed E-state index contributed by atoms with van der Waals surface area (Å²) < 4.78 is 5.91. The van der Waals surface area contributed by atoms with Crippen molar-refractivity contribution in [2.24, 2.45) is 0 Å². The largest absolute Gasteiger partial charge is 0.481 e. The molecule has 2 atom stereocenters.